The average Bonchev–Trinajstić information content (AvgIpc) is 2.87. The molecular formula is C10H14ClN5O. The molecule has 0 aliphatic carbocycles. The molecule has 0 saturated carbocycles. The van der Waals surface area contributed by atoms with E-state index in [2.05, 4.69) is 25.1 Å². The van der Waals surface area contributed by atoms with Crippen molar-refractivity contribution in [3.8, 4) is 0 Å². The number of nitrogens with zero attached hydrogens (tertiary/aromatic N) is 4. The summed E-state index contributed by atoms with van der Waals surface area (Å²) in [6.07, 6.45) is 2.06. The Bertz CT molecular complexity index is 479. The minimum atomic E-state index is 0.676. The quantitative estimate of drug-likeness (QED) is 0.811. The van der Waals surface area contributed by atoms with E-state index in [4.69, 9.17) is 11.6 Å². The number of hydrogen-bond donors (Lipinski definition) is 1. The Morgan fingerprint density at radius 3 is 2.94 bits per heavy atom. The van der Waals surface area contributed by atoms with Gasteiger partial charge in [0.15, 0.2) is 5.82 Å². The Balaban J connectivity index is 1.82. The van der Waals surface area contributed by atoms with Crippen LogP contribution in [0.3, 0.4) is 0 Å². The van der Waals surface area contributed by atoms with Gasteiger partial charge in [-0.2, -0.15) is 10.1 Å². The Kier molecular flexibility index (Phi) is 3.75. The van der Waals surface area contributed by atoms with Crippen molar-refractivity contribution in [1.82, 2.24) is 25.2 Å². The summed E-state index contributed by atoms with van der Waals surface area (Å²) in [5, 5.41) is 11.9. The van der Waals surface area contributed by atoms with Gasteiger partial charge >= 0.3 is 0 Å². The number of halogens is 1. The molecule has 0 spiro atoms. The molecule has 0 unspecified atom stereocenters. The fourth-order valence-electron chi connectivity index (χ4n) is 1.59. The van der Waals surface area contributed by atoms with Gasteiger partial charge in [-0.1, -0.05) is 16.8 Å². The number of nitrogens with one attached hydrogen (secondary N) is 1. The number of aromatic nitrogens is 4. The molecule has 92 valence electrons. The minimum Gasteiger partial charge on any atom is -0.343 e. The van der Waals surface area contributed by atoms with Crippen molar-refractivity contribution in [3.63, 3.8) is 0 Å². The number of rotatable bonds is 5. The largest absolute Gasteiger partial charge is 0.343 e. The normalized spacial score (nSPS) is 11.0. The maximum Gasteiger partial charge on any atom is 0.213 e. The molecule has 0 aliphatic heterocycles. The van der Waals surface area contributed by atoms with Crippen LogP contribution in [0.15, 0.2) is 10.9 Å². The smallest absolute Gasteiger partial charge is 0.213 e. The third-order valence-electron chi connectivity index (χ3n) is 2.50. The van der Waals surface area contributed by atoms with Gasteiger partial charge in [-0.3, -0.25) is 4.68 Å². The summed E-state index contributed by atoms with van der Waals surface area (Å²) in [4.78, 5) is 3.94. The highest BCUT2D eigenvalue weighted by molar-refractivity contribution is 6.30. The Labute approximate surface area is 104 Å². The van der Waals surface area contributed by atoms with Crippen molar-refractivity contribution in [1.29, 1.82) is 0 Å². The topological polar surface area (TPSA) is 68.8 Å². The van der Waals surface area contributed by atoms with E-state index in [1.807, 2.05) is 14.0 Å². The SMILES string of the molecule is Cc1nn(C)c(Cl)c1CNCCc1ncon1. The second-order valence-electron chi connectivity index (χ2n) is 3.75. The van der Waals surface area contributed by atoms with Crippen LogP contribution in [0.5, 0.6) is 0 Å². The number of hydrogen-bond acceptors (Lipinski definition) is 5. The zero-order chi connectivity index (χ0) is 12.3. The zero-order valence-corrected chi connectivity index (χ0v) is 10.5. The molecule has 17 heavy (non-hydrogen) atoms. The molecule has 2 aromatic heterocycles. The Hall–Kier alpha value is -1.40. The summed E-state index contributed by atoms with van der Waals surface area (Å²) in [7, 11) is 1.83. The molecule has 0 atom stereocenters. The molecule has 0 saturated heterocycles. The lowest BCUT2D eigenvalue weighted by molar-refractivity contribution is 0.409. The van der Waals surface area contributed by atoms with E-state index in [-0.39, 0.29) is 0 Å². The maximum atomic E-state index is 6.11. The predicted molar refractivity (Wildman–Crippen MR) is 62.7 cm³/mol. The average molecular weight is 256 g/mol. The first-order chi connectivity index (χ1) is 8.18. The molecule has 7 heteroatoms. The summed E-state index contributed by atoms with van der Waals surface area (Å²) in [5.74, 6) is 0.700. The first-order valence-corrected chi connectivity index (χ1v) is 5.70. The second kappa shape index (κ2) is 5.29. The highest BCUT2D eigenvalue weighted by Crippen LogP contribution is 2.17. The second-order valence-corrected chi connectivity index (χ2v) is 4.11. The molecule has 2 heterocycles. The highest BCUT2D eigenvalue weighted by atomic mass is 35.5. The van der Waals surface area contributed by atoms with E-state index in [9.17, 15) is 0 Å². The molecule has 2 rings (SSSR count). The van der Waals surface area contributed by atoms with E-state index < -0.39 is 0 Å². The van der Waals surface area contributed by atoms with E-state index in [0.29, 0.717) is 17.5 Å². The fourth-order valence-corrected chi connectivity index (χ4v) is 1.83. The first-order valence-electron chi connectivity index (χ1n) is 5.32. The molecule has 0 aromatic carbocycles. The highest BCUT2D eigenvalue weighted by Gasteiger charge is 2.10. The van der Waals surface area contributed by atoms with Crippen LogP contribution in [-0.2, 0) is 20.0 Å². The van der Waals surface area contributed by atoms with Crippen molar-refractivity contribution in [2.24, 2.45) is 7.05 Å². The third-order valence-corrected chi connectivity index (χ3v) is 2.98. The summed E-state index contributed by atoms with van der Waals surface area (Å²) < 4.78 is 6.32. The van der Waals surface area contributed by atoms with Crippen LogP contribution in [0.25, 0.3) is 0 Å². The van der Waals surface area contributed by atoms with Gasteiger partial charge < -0.3 is 9.84 Å². The molecule has 0 aliphatic rings. The van der Waals surface area contributed by atoms with Crippen LogP contribution in [0.4, 0.5) is 0 Å². The molecule has 0 fully saturated rings. The van der Waals surface area contributed by atoms with E-state index in [0.717, 1.165) is 24.2 Å². The lowest BCUT2D eigenvalue weighted by atomic mass is 10.2. The van der Waals surface area contributed by atoms with Gasteiger partial charge in [-0.05, 0) is 6.92 Å². The summed E-state index contributed by atoms with van der Waals surface area (Å²) in [5.41, 5.74) is 1.98. The van der Waals surface area contributed by atoms with E-state index in [1.54, 1.807) is 4.68 Å². The summed E-state index contributed by atoms with van der Waals surface area (Å²) in [6.45, 7) is 3.41. The molecule has 2 aromatic rings. The van der Waals surface area contributed by atoms with Crippen molar-refractivity contribution in [2.75, 3.05) is 6.54 Å². The first kappa shape index (κ1) is 12.1. The standard InChI is InChI=1S/C10H14ClN5O/c1-7-8(10(11)16(2)14-7)5-12-4-3-9-13-6-17-15-9/h6,12H,3-5H2,1-2H3. The van der Waals surface area contributed by atoms with Gasteiger partial charge in [0, 0.05) is 32.1 Å². The molecule has 6 nitrogen and oxygen atoms in total. The molecule has 0 radical (unpaired) electrons. The monoisotopic (exact) mass is 255 g/mol. The van der Waals surface area contributed by atoms with Crippen molar-refractivity contribution < 1.29 is 4.52 Å². The van der Waals surface area contributed by atoms with Gasteiger partial charge in [0.05, 0.1) is 5.69 Å². The van der Waals surface area contributed by atoms with Crippen LogP contribution in [0, 0.1) is 6.92 Å². The van der Waals surface area contributed by atoms with Crippen LogP contribution in [0.1, 0.15) is 17.1 Å². The third kappa shape index (κ3) is 2.83. The van der Waals surface area contributed by atoms with E-state index >= 15 is 0 Å². The minimum absolute atomic E-state index is 0.676. The lowest BCUT2D eigenvalue weighted by Gasteiger charge is -2.02. The van der Waals surface area contributed by atoms with Crippen molar-refractivity contribution >= 4 is 11.6 Å². The Morgan fingerprint density at radius 1 is 1.53 bits per heavy atom. The lowest BCUT2D eigenvalue weighted by Crippen LogP contribution is -2.17. The number of aryl methyl sites for hydroxylation is 2. The predicted octanol–water partition coefficient (Wildman–Crippen LogP) is 1.10. The Morgan fingerprint density at radius 2 is 2.35 bits per heavy atom. The molecule has 0 amide bonds. The van der Waals surface area contributed by atoms with Crippen molar-refractivity contribution in [2.45, 2.75) is 19.9 Å². The van der Waals surface area contributed by atoms with Crippen LogP contribution >= 0.6 is 11.6 Å². The van der Waals surface area contributed by atoms with Crippen LogP contribution in [0.2, 0.25) is 5.15 Å². The molecule has 1 N–H and O–H groups in total. The van der Waals surface area contributed by atoms with Gasteiger partial charge in [0.25, 0.3) is 0 Å². The maximum absolute atomic E-state index is 6.11. The fraction of sp³-hybridized carbons (Fsp3) is 0.500. The van der Waals surface area contributed by atoms with Gasteiger partial charge in [0.2, 0.25) is 6.39 Å². The zero-order valence-electron chi connectivity index (χ0n) is 9.77. The van der Waals surface area contributed by atoms with Gasteiger partial charge in [-0.15, -0.1) is 0 Å². The van der Waals surface area contributed by atoms with Gasteiger partial charge in [0.1, 0.15) is 5.15 Å². The van der Waals surface area contributed by atoms with Gasteiger partial charge in [-0.25, -0.2) is 0 Å². The van der Waals surface area contributed by atoms with Crippen LogP contribution < -0.4 is 5.32 Å². The molecular weight excluding hydrogens is 242 g/mol. The van der Waals surface area contributed by atoms with Crippen molar-refractivity contribution in [3.05, 3.63) is 28.6 Å². The summed E-state index contributed by atoms with van der Waals surface area (Å²) in [6, 6.07) is 0. The molecule has 0 bridgehead atoms. The van der Waals surface area contributed by atoms with E-state index in [1.165, 1.54) is 6.39 Å². The van der Waals surface area contributed by atoms with Crippen LogP contribution in [-0.4, -0.2) is 26.5 Å². The summed E-state index contributed by atoms with van der Waals surface area (Å²) >= 11 is 6.11.